The smallest absolute Gasteiger partial charge is 0.303 e. The number of hydrogen-bond donors (Lipinski definition) is 2. The van der Waals surface area contributed by atoms with Crippen LogP contribution in [0.1, 0.15) is 34.3 Å². The number of aliphatic carboxylic acids is 1. The first-order chi connectivity index (χ1) is 12.7. The summed E-state index contributed by atoms with van der Waals surface area (Å²) < 4.78 is 40.5. The second kappa shape index (κ2) is 7.58. The maximum Gasteiger partial charge on any atom is 0.303 e. The fraction of sp³-hybridized carbons (Fsp3) is 0.263. The number of sulfonamides is 1. The number of ketones is 1. The number of halogens is 1. The lowest BCUT2D eigenvalue weighted by Crippen LogP contribution is -2.35. The van der Waals surface area contributed by atoms with Crippen LogP contribution in [0.3, 0.4) is 0 Å². The Hall–Kier alpha value is -2.58. The van der Waals surface area contributed by atoms with Crippen molar-refractivity contribution in [3.8, 4) is 0 Å². The number of Topliss-reactive ketones (excluding diaryl/α,β-unsaturated/α-hetero) is 1. The Kier molecular flexibility index (Phi) is 5.38. The van der Waals surface area contributed by atoms with E-state index < -0.39 is 21.8 Å². The zero-order valence-corrected chi connectivity index (χ0v) is 15.1. The van der Waals surface area contributed by atoms with Crippen molar-refractivity contribution in [2.24, 2.45) is 0 Å². The first-order valence-electron chi connectivity index (χ1n) is 8.39. The van der Waals surface area contributed by atoms with Gasteiger partial charge in [-0.05, 0) is 54.3 Å². The summed E-state index contributed by atoms with van der Waals surface area (Å²) in [6.07, 6.45) is 0.611. The Bertz CT molecular complexity index is 986. The molecule has 6 nitrogen and oxygen atoms in total. The molecule has 0 heterocycles. The summed E-state index contributed by atoms with van der Waals surface area (Å²) in [5, 5.41) is 8.68. The van der Waals surface area contributed by atoms with Crippen molar-refractivity contribution in [3.05, 3.63) is 65.0 Å². The minimum atomic E-state index is -3.77. The van der Waals surface area contributed by atoms with Gasteiger partial charge in [-0.25, -0.2) is 17.5 Å². The zero-order chi connectivity index (χ0) is 19.6. The van der Waals surface area contributed by atoms with Gasteiger partial charge in [0.25, 0.3) is 0 Å². The molecular weight excluding hydrogens is 373 g/mol. The summed E-state index contributed by atoms with van der Waals surface area (Å²) in [6, 6.07) is 9.35. The van der Waals surface area contributed by atoms with E-state index in [9.17, 15) is 22.4 Å². The number of nitrogens with one attached hydrogen (secondary N) is 1. The highest BCUT2D eigenvalue weighted by atomic mass is 32.2. The van der Waals surface area contributed by atoms with Gasteiger partial charge >= 0.3 is 5.97 Å². The van der Waals surface area contributed by atoms with E-state index in [0.29, 0.717) is 18.4 Å². The molecule has 142 valence electrons. The normalized spacial score (nSPS) is 16.1. The SMILES string of the molecule is O=C(O)CCC(=O)c1ccc2c(c1)CC(NS(=O)(=O)c1ccc(F)cc1)C2. The minimum Gasteiger partial charge on any atom is -0.481 e. The first kappa shape index (κ1) is 19.2. The molecule has 2 aromatic carbocycles. The summed E-state index contributed by atoms with van der Waals surface area (Å²) in [5.74, 6) is -1.79. The molecule has 0 amide bonds. The van der Waals surface area contributed by atoms with Crippen molar-refractivity contribution < 1.29 is 27.5 Å². The maximum atomic E-state index is 13.0. The van der Waals surface area contributed by atoms with Crippen LogP contribution < -0.4 is 4.72 Å². The van der Waals surface area contributed by atoms with Gasteiger partial charge in [0.1, 0.15) is 5.82 Å². The number of hydrogen-bond acceptors (Lipinski definition) is 4. The van der Waals surface area contributed by atoms with E-state index >= 15 is 0 Å². The van der Waals surface area contributed by atoms with Crippen molar-refractivity contribution in [2.45, 2.75) is 36.6 Å². The predicted molar refractivity (Wildman–Crippen MR) is 95.6 cm³/mol. The molecule has 0 aromatic heterocycles. The third-order valence-corrected chi connectivity index (χ3v) is 6.01. The van der Waals surface area contributed by atoms with Gasteiger partial charge in [0.15, 0.2) is 5.78 Å². The Morgan fingerprint density at radius 2 is 1.70 bits per heavy atom. The molecule has 0 spiro atoms. The molecule has 0 bridgehead atoms. The van der Waals surface area contributed by atoms with Crippen LogP contribution in [0.15, 0.2) is 47.4 Å². The molecule has 8 heteroatoms. The van der Waals surface area contributed by atoms with Crippen LogP contribution in [0.5, 0.6) is 0 Å². The maximum absolute atomic E-state index is 13.0. The van der Waals surface area contributed by atoms with Crippen LogP contribution in [-0.2, 0) is 27.7 Å². The summed E-state index contributed by atoms with van der Waals surface area (Å²) in [4.78, 5) is 22.7. The van der Waals surface area contributed by atoms with E-state index in [1.165, 1.54) is 12.1 Å². The molecule has 1 aliphatic carbocycles. The molecule has 0 saturated carbocycles. The van der Waals surface area contributed by atoms with Crippen LogP contribution in [0.4, 0.5) is 4.39 Å². The van der Waals surface area contributed by atoms with Crippen molar-refractivity contribution in [1.29, 1.82) is 0 Å². The van der Waals surface area contributed by atoms with E-state index in [-0.39, 0.29) is 29.6 Å². The molecule has 2 aromatic rings. The number of carboxylic acid groups (broad SMARTS) is 1. The third kappa shape index (κ3) is 4.58. The van der Waals surface area contributed by atoms with E-state index in [0.717, 1.165) is 23.3 Å². The fourth-order valence-electron chi connectivity index (χ4n) is 3.14. The number of carboxylic acids is 1. The second-order valence-corrected chi connectivity index (χ2v) is 8.19. The molecule has 1 unspecified atom stereocenters. The summed E-state index contributed by atoms with van der Waals surface area (Å²) in [7, 11) is -3.77. The molecule has 2 N–H and O–H groups in total. The van der Waals surface area contributed by atoms with E-state index in [2.05, 4.69) is 4.72 Å². The van der Waals surface area contributed by atoms with Crippen molar-refractivity contribution in [2.75, 3.05) is 0 Å². The van der Waals surface area contributed by atoms with Crippen molar-refractivity contribution >= 4 is 21.8 Å². The number of carbonyl (C=O) groups excluding carboxylic acids is 1. The Morgan fingerprint density at radius 3 is 2.37 bits per heavy atom. The molecule has 0 saturated heterocycles. The van der Waals surface area contributed by atoms with E-state index in [4.69, 9.17) is 5.11 Å². The second-order valence-electron chi connectivity index (χ2n) is 6.48. The van der Waals surface area contributed by atoms with Gasteiger partial charge in [-0.3, -0.25) is 9.59 Å². The number of rotatable bonds is 7. The highest BCUT2D eigenvalue weighted by Gasteiger charge is 2.27. The average molecular weight is 391 g/mol. The van der Waals surface area contributed by atoms with Gasteiger partial charge in [0.05, 0.1) is 11.3 Å². The van der Waals surface area contributed by atoms with E-state index in [1.54, 1.807) is 18.2 Å². The van der Waals surface area contributed by atoms with Gasteiger partial charge in [-0.2, -0.15) is 0 Å². The standard InChI is InChI=1S/C19H18FNO5S/c20-15-3-5-17(6-4-15)27(25,26)21-16-10-12-1-2-13(9-14(12)11-16)18(22)7-8-19(23)24/h1-6,9,16,21H,7-8,10-11H2,(H,23,24). The highest BCUT2D eigenvalue weighted by molar-refractivity contribution is 7.89. The van der Waals surface area contributed by atoms with Crippen LogP contribution in [0, 0.1) is 5.82 Å². The lowest BCUT2D eigenvalue weighted by molar-refractivity contribution is -0.136. The Morgan fingerprint density at radius 1 is 1.04 bits per heavy atom. The van der Waals surface area contributed by atoms with Gasteiger partial charge in [0, 0.05) is 18.0 Å². The van der Waals surface area contributed by atoms with Crippen LogP contribution in [-0.4, -0.2) is 31.3 Å². The summed E-state index contributed by atoms with van der Waals surface area (Å²) in [6.45, 7) is 0. The van der Waals surface area contributed by atoms with Crippen LogP contribution in [0.25, 0.3) is 0 Å². The molecule has 0 aliphatic heterocycles. The van der Waals surface area contributed by atoms with Gasteiger partial charge in [-0.1, -0.05) is 12.1 Å². The van der Waals surface area contributed by atoms with Crippen LogP contribution in [0.2, 0.25) is 0 Å². The van der Waals surface area contributed by atoms with Crippen molar-refractivity contribution in [1.82, 2.24) is 4.72 Å². The lowest BCUT2D eigenvalue weighted by atomic mass is 10.0. The monoisotopic (exact) mass is 391 g/mol. The number of carbonyl (C=O) groups is 2. The largest absolute Gasteiger partial charge is 0.481 e. The highest BCUT2D eigenvalue weighted by Crippen LogP contribution is 2.25. The predicted octanol–water partition coefficient (Wildman–Crippen LogP) is 2.32. The van der Waals surface area contributed by atoms with E-state index in [1.807, 2.05) is 0 Å². The number of benzene rings is 2. The third-order valence-electron chi connectivity index (χ3n) is 4.47. The molecule has 0 fully saturated rings. The molecule has 3 rings (SSSR count). The topological polar surface area (TPSA) is 101 Å². The fourth-order valence-corrected chi connectivity index (χ4v) is 4.38. The van der Waals surface area contributed by atoms with Gasteiger partial charge < -0.3 is 5.11 Å². The Labute approximate surface area is 156 Å². The number of fused-ring (bicyclic) bond motifs is 1. The van der Waals surface area contributed by atoms with Gasteiger partial charge in [-0.15, -0.1) is 0 Å². The molecular formula is C19H18FNO5S. The van der Waals surface area contributed by atoms with Crippen molar-refractivity contribution in [3.63, 3.8) is 0 Å². The van der Waals surface area contributed by atoms with Crippen LogP contribution >= 0.6 is 0 Å². The quantitative estimate of drug-likeness (QED) is 0.706. The first-order valence-corrected chi connectivity index (χ1v) is 9.87. The average Bonchev–Trinajstić information content (AvgIpc) is 3.00. The molecule has 1 atom stereocenters. The van der Waals surface area contributed by atoms with Gasteiger partial charge in [0.2, 0.25) is 10.0 Å². The minimum absolute atomic E-state index is 0.00982. The summed E-state index contributed by atoms with van der Waals surface area (Å²) >= 11 is 0. The molecule has 0 radical (unpaired) electrons. The summed E-state index contributed by atoms with van der Waals surface area (Å²) in [5.41, 5.74) is 2.23. The molecule has 1 aliphatic rings. The lowest BCUT2D eigenvalue weighted by Gasteiger charge is -2.12. The molecule has 27 heavy (non-hydrogen) atoms. The zero-order valence-electron chi connectivity index (χ0n) is 14.3. The Balaban J connectivity index is 1.69.